The van der Waals surface area contributed by atoms with E-state index in [-0.39, 0.29) is 5.56 Å². The molecule has 0 saturated heterocycles. The maximum atomic E-state index is 13.2. The number of benzene rings is 2. The summed E-state index contributed by atoms with van der Waals surface area (Å²) in [6, 6.07) is 13.1. The number of imidazole rings is 1. The molecule has 1 atom stereocenters. The molecule has 0 bridgehead atoms. The third-order valence-corrected chi connectivity index (χ3v) is 5.72. The molecule has 2 aromatic heterocycles. The molecule has 3 nitrogen and oxygen atoms in total. The summed E-state index contributed by atoms with van der Waals surface area (Å²) in [6.07, 6.45) is -3.44. The summed E-state index contributed by atoms with van der Waals surface area (Å²) in [7, 11) is 0. The zero-order valence-corrected chi connectivity index (χ0v) is 17.0. The Kier molecular flexibility index (Phi) is 4.93. The fraction of sp³-hybridized carbons (Fsp3) is 0.150. The molecule has 0 fully saturated rings. The second-order valence-electron chi connectivity index (χ2n) is 6.21. The standard InChI is InChI=1S/C20H14BrF3N2OS/c1-12(15-4-2-3-5-16(15)20(22,23)24)27-14-9-19(28-10-14)26-11-25-17-8-13(21)6-7-18(17)26/h2-12H,1H3/t12-/m1/s1. The normalized spacial score (nSPS) is 13.0. The van der Waals surface area contributed by atoms with Crippen LogP contribution in [0.25, 0.3) is 16.0 Å². The van der Waals surface area contributed by atoms with Gasteiger partial charge in [-0.25, -0.2) is 4.98 Å². The van der Waals surface area contributed by atoms with E-state index in [1.807, 2.05) is 22.8 Å². The third kappa shape index (κ3) is 3.66. The van der Waals surface area contributed by atoms with Crippen molar-refractivity contribution in [1.29, 1.82) is 0 Å². The fourth-order valence-corrected chi connectivity index (χ4v) is 4.19. The van der Waals surface area contributed by atoms with Crippen molar-refractivity contribution in [2.24, 2.45) is 0 Å². The second kappa shape index (κ2) is 7.25. The molecule has 0 aliphatic rings. The van der Waals surface area contributed by atoms with Gasteiger partial charge in [0, 0.05) is 21.5 Å². The van der Waals surface area contributed by atoms with Gasteiger partial charge in [0.25, 0.3) is 0 Å². The van der Waals surface area contributed by atoms with E-state index in [2.05, 4.69) is 20.9 Å². The van der Waals surface area contributed by atoms with E-state index in [9.17, 15) is 13.2 Å². The van der Waals surface area contributed by atoms with E-state index in [0.29, 0.717) is 5.75 Å². The third-order valence-electron chi connectivity index (χ3n) is 4.33. The molecular formula is C20H14BrF3N2OS. The molecule has 4 aromatic rings. The first-order chi connectivity index (χ1) is 13.3. The summed E-state index contributed by atoms with van der Waals surface area (Å²) < 4.78 is 48.4. The predicted molar refractivity (Wildman–Crippen MR) is 107 cm³/mol. The summed E-state index contributed by atoms with van der Waals surface area (Å²) in [4.78, 5) is 4.39. The minimum atomic E-state index is -4.42. The average molecular weight is 467 g/mol. The zero-order chi connectivity index (χ0) is 19.9. The molecule has 4 rings (SSSR count). The average Bonchev–Trinajstić information content (AvgIpc) is 3.27. The van der Waals surface area contributed by atoms with Crippen molar-refractivity contribution in [1.82, 2.24) is 9.55 Å². The van der Waals surface area contributed by atoms with Gasteiger partial charge in [-0.1, -0.05) is 34.1 Å². The SMILES string of the molecule is C[C@@H](Oc1csc(-n2cnc3cc(Br)ccc32)c1)c1ccccc1C(F)(F)F. The molecule has 144 valence electrons. The first kappa shape index (κ1) is 19.0. The molecule has 0 unspecified atom stereocenters. The van der Waals surface area contributed by atoms with Crippen LogP contribution in [0.3, 0.4) is 0 Å². The van der Waals surface area contributed by atoms with Crippen LogP contribution in [0.4, 0.5) is 13.2 Å². The highest BCUT2D eigenvalue weighted by Crippen LogP contribution is 2.37. The van der Waals surface area contributed by atoms with E-state index < -0.39 is 17.8 Å². The Hall–Kier alpha value is -2.32. The van der Waals surface area contributed by atoms with Crippen LogP contribution >= 0.6 is 27.3 Å². The Morgan fingerprint density at radius 2 is 1.93 bits per heavy atom. The van der Waals surface area contributed by atoms with Crippen LogP contribution in [0, 0.1) is 0 Å². The van der Waals surface area contributed by atoms with Gasteiger partial charge in [-0.2, -0.15) is 13.2 Å². The Bertz CT molecular complexity index is 1140. The van der Waals surface area contributed by atoms with Gasteiger partial charge in [-0.15, -0.1) is 11.3 Å². The summed E-state index contributed by atoms with van der Waals surface area (Å²) >= 11 is 4.86. The van der Waals surface area contributed by atoms with Crippen molar-refractivity contribution in [3.05, 3.63) is 75.8 Å². The molecule has 2 aromatic carbocycles. The lowest BCUT2D eigenvalue weighted by atomic mass is 10.0. The molecule has 8 heteroatoms. The number of alkyl halides is 3. The Labute approximate surface area is 171 Å². The lowest BCUT2D eigenvalue weighted by molar-refractivity contribution is -0.138. The Morgan fingerprint density at radius 3 is 2.71 bits per heavy atom. The smallest absolute Gasteiger partial charge is 0.416 e. The summed E-state index contributed by atoms with van der Waals surface area (Å²) in [5.74, 6) is 0.517. The molecular weight excluding hydrogens is 453 g/mol. The van der Waals surface area contributed by atoms with Gasteiger partial charge >= 0.3 is 6.18 Å². The van der Waals surface area contributed by atoms with Crippen LogP contribution in [0.1, 0.15) is 24.2 Å². The van der Waals surface area contributed by atoms with Crippen LogP contribution in [-0.2, 0) is 6.18 Å². The quantitative estimate of drug-likeness (QED) is 0.323. The van der Waals surface area contributed by atoms with Gasteiger partial charge in [0.1, 0.15) is 23.2 Å². The maximum absolute atomic E-state index is 13.2. The molecule has 0 radical (unpaired) electrons. The van der Waals surface area contributed by atoms with E-state index >= 15 is 0 Å². The highest BCUT2D eigenvalue weighted by Gasteiger charge is 2.34. The van der Waals surface area contributed by atoms with Crippen LogP contribution in [0.15, 0.2) is 64.7 Å². The van der Waals surface area contributed by atoms with Crippen molar-refractivity contribution in [3.63, 3.8) is 0 Å². The topological polar surface area (TPSA) is 27.1 Å². The minimum absolute atomic E-state index is 0.112. The molecule has 28 heavy (non-hydrogen) atoms. The zero-order valence-electron chi connectivity index (χ0n) is 14.6. The number of hydrogen-bond acceptors (Lipinski definition) is 3. The number of rotatable bonds is 4. The Balaban J connectivity index is 1.60. The number of ether oxygens (including phenoxy) is 1. The van der Waals surface area contributed by atoms with E-state index in [1.165, 1.54) is 23.5 Å². The Morgan fingerprint density at radius 1 is 1.14 bits per heavy atom. The van der Waals surface area contributed by atoms with Crippen molar-refractivity contribution in [2.45, 2.75) is 19.2 Å². The minimum Gasteiger partial charge on any atom is -0.485 e. The molecule has 0 amide bonds. The maximum Gasteiger partial charge on any atom is 0.416 e. The van der Waals surface area contributed by atoms with Gasteiger partial charge in [-0.3, -0.25) is 4.57 Å². The summed E-state index contributed by atoms with van der Waals surface area (Å²) in [5.41, 5.74) is 1.22. The molecule has 0 aliphatic carbocycles. The molecule has 0 spiro atoms. The van der Waals surface area contributed by atoms with Crippen LogP contribution in [0.5, 0.6) is 5.75 Å². The first-order valence-electron chi connectivity index (χ1n) is 8.37. The lowest BCUT2D eigenvalue weighted by Crippen LogP contribution is -2.13. The predicted octanol–water partition coefficient (Wildman–Crippen LogP) is 7.01. The molecule has 2 heterocycles. The monoisotopic (exact) mass is 466 g/mol. The molecule has 0 aliphatic heterocycles. The molecule has 0 N–H and O–H groups in total. The van der Waals surface area contributed by atoms with E-state index in [4.69, 9.17) is 4.74 Å². The van der Waals surface area contributed by atoms with Gasteiger partial charge in [0.05, 0.1) is 16.6 Å². The number of fused-ring (bicyclic) bond motifs is 1. The van der Waals surface area contributed by atoms with Crippen LogP contribution in [0.2, 0.25) is 0 Å². The summed E-state index contributed by atoms with van der Waals surface area (Å²) in [6.45, 7) is 1.62. The van der Waals surface area contributed by atoms with E-state index in [1.54, 1.807) is 30.8 Å². The van der Waals surface area contributed by atoms with Gasteiger partial charge < -0.3 is 4.74 Å². The van der Waals surface area contributed by atoms with Crippen molar-refractivity contribution < 1.29 is 17.9 Å². The van der Waals surface area contributed by atoms with Crippen molar-refractivity contribution >= 4 is 38.3 Å². The van der Waals surface area contributed by atoms with Crippen molar-refractivity contribution in [3.8, 4) is 10.8 Å². The first-order valence-corrected chi connectivity index (χ1v) is 10.0. The molecule has 0 saturated carbocycles. The number of nitrogens with zero attached hydrogens (tertiary/aromatic N) is 2. The number of halogens is 4. The largest absolute Gasteiger partial charge is 0.485 e. The second-order valence-corrected chi connectivity index (χ2v) is 8.02. The van der Waals surface area contributed by atoms with Gasteiger partial charge in [0.15, 0.2) is 0 Å². The van der Waals surface area contributed by atoms with Crippen LogP contribution in [-0.4, -0.2) is 9.55 Å². The number of aromatic nitrogens is 2. The van der Waals surface area contributed by atoms with E-state index in [0.717, 1.165) is 26.6 Å². The van der Waals surface area contributed by atoms with Crippen LogP contribution < -0.4 is 4.74 Å². The number of hydrogen-bond donors (Lipinski definition) is 0. The van der Waals surface area contributed by atoms with Gasteiger partial charge in [-0.05, 0) is 31.2 Å². The summed E-state index contributed by atoms with van der Waals surface area (Å²) in [5, 5.41) is 2.66. The van der Waals surface area contributed by atoms with Crippen molar-refractivity contribution in [2.75, 3.05) is 0 Å². The highest BCUT2D eigenvalue weighted by atomic mass is 79.9. The lowest BCUT2D eigenvalue weighted by Gasteiger charge is -2.19. The number of thiophene rings is 1. The van der Waals surface area contributed by atoms with Gasteiger partial charge in [0.2, 0.25) is 0 Å². The highest BCUT2D eigenvalue weighted by molar-refractivity contribution is 9.10. The fourth-order valence-electron chi connectivity index (χ4n) is 3.04.